The monoisotopic (exact) mass is 500 g/mol. The van der Waals surface area contributed by atoms with Gasteiger partial charge in [0.15, 0.2) is 0 Å². The van der Waals surface area contributed by atoms with Crippen LogP contribution < -0.4 is 15.0 Å². The molecular weight excluding hydrogens is 482 g/mol. The molecule has 4 rings (SSSR count). The summed E-state index contributed by atoms with van der Waals surface area (Å²) in [5.41, 5.74) is 0.0764. The van der Waals surface area contributed by atoms with Crippen LogP contribution in [0.4, 0.5) is 20.2 Å². The summed E-state index contributed by atoms with van der Waals surface area (Å²) in [6, 6.07) is 5.67. The lowest BCUT2D eigenvalue weighted by Gasteiger charge is -2.39. The van der Waals surface area contributed by atoms with Gasteiger partial charge in [-0.25, -0.2) is 8.78 Å². The quantitative estimate of drug-likeness (QED) is 0.639. The van der Waals surface area contributed by atoms with E-state index in [-0.39, 0.29) is 24.6 Å². The first-order chi connectivity index (χ1) is 14.3. The van der Waals surface area contributed by atoms with Crippen LogP contribution in [0.15, 0.2) is 28.7 Å². The van der Waals surface area contributed by atoms with Crippen LogP contribution in [0.2, 0.25) is 5.02 Å². The first kappa shape index (κ1) is 21.3. The maximum Gasteiger partial charge on any atom is 0.224 e. The zero-order chi connectivity index (χ0) is 21.5. The Balaban J connectivity index is 1.43. The number of amides is 1. The Hall–Kier alpha value is -1.90. The number of benzene rings is 2. The number of piperidine rings is 1. The van der Waals surface area contributed by atoms with Crippen LogP contribution in [-0.2, 0) is 11.2 Å². The maximum atomic E-state index is 14.4. The molecule has 30 heavy (non-hydrogen) atoms. The van der Waals surface area contributed by atoms with Gasteiger partial charge in [-0.15, -0.1) is 0 Å². The number of halogens is 4. The molecule has 2 heterocycles. The van der Waals surface area contributed by atoms with Crippen LogP contribution in [0.5, 0.6) is 5.75 Å². The van der Waals surface area contributed by atoms with E-state index in [1.807, 2.05) is 4.90 Å². The number of ether oxygens (including phenoxy) is 1. The Kier molecular flexibility index (Phi) is 5.92. The van der Waals surface area contributed by atoms with Crippen molar-refractivity contribution in [2.75, 3.05) is 29.9 Å². The number of rotatable bonds is 4. The molecule has 0 radical (unpaired) electrons. The van der Waals surface area contributed by atoms with E-state index in [9.17, 15) is 18.7 Å². The summed E-state index contributed by atoms with van der Waals surface area (Å²) >= 11 is 9.24. The van der Waals surface area contributed by atoms with Gasteiger partial charge < -0.3 is 20.1 Å². The third-order valence-corrected chi connectivity index (χ3v) is 6.40. The van der Waals surface area contributed by atoms with Gasteiger partial charge in [0.2, 0.25) is 5.91 Å². The van der Waals surface area contributed by atoms with E-state index >= 15 is 0 Å². The maximum absolute atomic E-state index is 14.4. The predicted octanol–water partition coefficient (Wildman–Crippen LogP) is 4.68. The molecule has 0 aromatic heterocycles. The molecule has 2 aliphatic rings. The Morgan fingerprint density at radius 3 is 2.63 bits per heavy atom. The topological polar surface area (TPSA) is 61.8 Å². The zero-order valence-corrected chi connectivity index (χ0v) is 18.3. The molecule has 5 nitrogen and oxygen atoms in total. The van der Waals surface area contributed by atoms with E-state index in [0.717, 1.165) is 0 Å². The summed E-state index contributed by atoms with van der Waals surface area (Å²) in [7, 11) is 0. The molecule has 0 unspecified atom stereocenters. The molecule has 9 heteroatoms. The highest BCUT2D eigenvalue weighted by atomic mass is 79.9. The number of nitrogens with zero attached hydrogens (tertiary/aromatic N) is 1. The van der Waals surface area contributed by atoms with Crippen molar-refractivity contribution in [1.82, 2.24) is 0 Å². The standard InChI is InChI=1S/C21H20BrClF2N2O3/c22-14-9-12(23)10-16(25)20(14)27-7-5-21(29,6-8-27)11-30-17-3-2-15(24)19-13(17)1-4-18(28)26-19/h2-3,9-10,29H,1,4-8,11H2,(H,26,28). The number of anilines is 2. The Morgan fingerprint density at radius 2 is 1.93 bits per heavy atom. The number of fused-ring (bicyclic) bond motifs is 1. The number of carbonyl (C=O) groups is 1. The van der Waals surface area contributed by atoms with Crippen LogP contribution >= 0.6 is 27.5 Å². The molecule has 1 saturated heterocycles. The van der Waals surface area contributed by atoms with E-state index in [1.165, 1.54) is 18.2 Å². The molecule has 1 amide bonds. The van der Waals surface area contributed by atoms with Crippen LogP contribution in [0, 0.1) is 11.6 Å². The van der Waals surface area contributed by atoms with Gasteiger partial charge in [-0.05, 0) is 59.5 Å². The largest absolute Gasteiger partial charge is 0.490 e. The summed E-state index contributed by atoms with van der Waals surface area (Å²) in [5, 5.41) is 13.8. The molecule has 2 aromatic carbocycles. The average molecular weight is 502 g/mol. The van der Waals surface area contributed by atoms with Crippen molar-refractivity contribution in [3.63, 3.8) is 0 Å². The molecule has 0 atom stereocenters. The molecule has 0 bridgehead atoms. The lowest BCUT2D eigenvalue weighted by Crippen LogP contribution is -2.48. The first-order valence-corrected chi connectivity index (χ1v) is 10.8. The van der Waals surface area contributed by atoms with Gasteiger partial charge in [0.1, 0.15) is 29.6 Å². The highest BCUT2D eigenvalue weighted by Gasteiger charge is 2.35. The molecule has 0 spiro atoms. The van der Waals surface area contributed by atoms with Crippen molar-refractivity contribution in [2.45, 2.75) is 31.3 Å². The molecule has 2 N–H and O–H groups in total. The van der Waals surface area contributed by atoms with Gasteiger partial charge in [0.25, 0.3) is 0 Å². The molecular formula is C21H20BrClF2N2O3. The van der Waals surface area contributed by atoms with E-state index in [0.29, 0.717) is 58.8 Å². The van der Waals surface area contributed by atoms with Gasteiger partial charge >= 0.3 is 0 Å². The minimum Gasteiger partial charge on any atom is -0.490 e. The number of hydrogen-bond donors (Lipinski definition) is 2. The van der Waals surface area contributed by atoms with Crippen LogP contribution in [0.3, 0.4) is 0 Å². The molecule has 160 valence electrons. The predicted molar refractivity (Wildman–Crippen MR) is 114 cm³/mol. The van der Waals surface area contributed by atoms with Crippen molar-refractivity contribution in [2.24, 2.45) is 0 Å². The molecule has 0 aliphatic carbocycles. The Labute approximate surface area is 186 Å². The van der Waals surface area contributed by atoms with E-state index < -0.39 is 17.2 Å². The second-order valence-electron chi connectivity index (χ2n) is 7.67. The number of carbonyl (C=O) groups excluding carboxylic acids is 1. The number of nitrogens with one attached hydrogen (secondary N) is 1. The van der Waals surface area contributed by atoms with E-state index in [2.05, 4.69) is 21.2 Å². The minimum absolute atomic E-state index is 0.0249. The minimum atomic E-state index is -1.09. The van der Waals surface area contributed by atoms with Gasteiger partial charge in [0.05, 0.1) is 11.4 Å². The number of aliphatic hydroxyl groups is 1. The van der Waals surface area contributed by atoms with E-state index in [1.54, 1.807) is 6.07 Å². The smallest absolute Gasteiger partial charge is 0.224 e. The summed E-state index contributed by atoms with van der Waals surface area (Å²) in [4.78, 5) is 13.4. The first-order valence-electron chi connectivity index (χ1n) is 9.62. The zero-order valence-electron chi connectivity index (χ0n) is 16.0. The lowest BCUT2D eigenvalue weighted by atomic mass is 9.92. The molecule has 0 saturated carbocycles. The van der Waals surface area contributed by atoms with Crippen molar-refractivity contribution >= 4 is 44.8 Å². The average Bonchev–Trinajstić information content (AvgIpc) is 2.69. The fourth-order valence-electron chi connectivity index (χ4n) is 3.90. The van der Waals surface area contributed by atoms with Gasteiger partial charge in [-0.3, -0.25) is 4.79 Å². The lowest BCUT2D eigenvalue weighted by molar-refractivity contribution is -0.116. The second-order valence-corrected chi connectivity index (χ2v) is 8.96. The summed E-state index contributed by atoms with van der Waals surface area (Å²) < 4.78 is 34.8. The van der Waals surface area contributed by atoms with Crippen molar-refractivity contribution in [3.05, 3.63) is 51.0 Å². The second kappa shape index (κ2) is 8.32. The van der Waals surface area contributed by atoms with Crippen molar-refractivity contribution in [3.8, 4) is 5.75 Å². The fourth-order valence-corrected chi connectivity index (χ4v) is 4.92. The summed E-state index contributed by atoms with van der Waals surface area (Å²) in [6.07, 6.45) is 1.39. The Morgan fingerprint density at radius 1 is 1.20 bits per heavy atom. The van der Waals surface area contributed by atoms with Gasteiger partial charge in [-0.2, -0.15) is 0 Å². The third-order valence-electron chi connectivity index (χ3n) is 5.57. The summed E-state index contributed by atoms with van der Waals surface area (Å²) in [5.74, 6) is -0.706. The van der Waals surface area contributed by atoms with Gasteiger partial charge in [-0.1, -0.05) is 11.6 Å². The highest BCUT2D eigenvalue weighted by molar-refractivity contribution is 9.10. The Bertz CT molecular complexity index is 973. The molecule has 2 aromatic rings. The van der Waals surface area contributed by atoms with Crippen LogP contribution in [0.25, 0.3) is 0 Å². The third kappa shape index (κ3) is 4.26. The van der Waals surface area contributed by atoms with E-state index in [4.69, 9.17) is 16.3 Å². The summed E-state index contributed by atoms with van der Waals surface area (Å²) in [6.45, 7) is 0.903. The van der Waals surface area contributed by atoms with Crippen LogP contribution in [-0.4, -0.2) is 36.3 Å². The fraction of sp³-hybridized carbons (Fsp3) is 0.381. The van der Waals surface area contributed by atoms with Crippen LogP contribution in [0.1, 0.15) is 24.8 Å². The van der Waals surface area contributed by atoms with Crippen molar-refractivity contribution < 1.29 is 23.4 Å². The normalized spacial score (nSPS) is 18.0. The number of hydrogen-bond acceptors (Lipinski definition) is 4. The van der Waals surface area contributed by atoms with Gasteiger partial charge in [0, 0.05) is 34.6 Å². The van der Waals surface area contributed by atoms with Crippen molar-refractivity contribution in [1.29, 1.82) is 0 Å². The highest BCUT2D eigenvalue weighted by Crippen LogP contribution is 2.37. The molecule has 1 fully saturated rings. The SMILES string of the molecule is O=C1CCc2c(OCC3(O)CCN(c4c(F)cc(Cl)cc4Br)CC3)ccc(F)c2N1. The molecule has 2 aliphatic heterocycles.